The van der Waals surface area contributed by atoms with E-state index in [1.807, 2.05) is 38.5 Å². The summed E-state index contributed by atoms with van der Waals surface area (Å²) in [5.74, 6) is 0. The molecule has 5 nitrogen and oxygen atoms in total. The first kappa shape index (κ1) is 20.3. The molecular formula is C26H25N5S. The van der Waals surface area contributed by atoms with Crippen LogP contribution in [0.1, 0.15) is 23.3 Å². The van der Waals surface area contributed by atoms with Gasteiger partial charge >= 0.3 is 0 Å². The highest BCUT2D eigenvalue weighted by Gasteiger charge is 2.41. The average molecular weight is 440 g/mol. The molecule has 0 saturated carbocycles. The number of pyridine rings is 1. The van der Waals surface area contributed by atoms with Gasteiger partial charge in [-0.2, -0.15) is 0 Å². The Morgan fingerprint density at radius 2 is 1.62 bits per heavy atom. The third-order valence-electron chi connectivity index (χ3n) is 5.85. The molecule has 0 radical (unpaired) electrons. The van der Waals surface area contributed by atoms with E-state index in [4.69, 9.17) is 12.2 Å². The minimum Gasteiger partial charge on any atom is -0.378 e. The van der Waals surface area contributed by atoms with E-state index in [0.717, 1.165) is 22.8 Å². The monoisotopic (exact) mass is 439 g/mol. The Hall–Kier alpha value is -3.64. The molecule has 4 aromatic rings. The molecule has 1 fully saturated rings. The van der Waals surface area contributed by atoms with Gasteiger partial charge in [-0.05, 0) is 72.4 Å². The van der Waals surface area contributed by atoms with Gasteiger partial charge in [-0.25, -0.2) is 0 Å². The molecule has 0 spiro atoms. The molecule has 0 aliphatic carbocycles. The summed E-state index contributed by atoms with van der Waals surface area (Å²) in [6, 6.07) is 27.0. The fourth-order valence-corrected chi connectivity index (χ4v) is 4.58. The number of hydrogen-bond acceptors (Lipinski definition) is 3. The second-order valence-electron chi connectivity index (χ2n) is 8.10. The Morgan fingerprint density at radius 3 is 2.31 bits per heavy atom. The van der Waals surface area contributed by atoms with Crippen molar-refractivity contribution in [1.82, 2.24) is 14.9 Å². The van der Waals surface area contributed by atoms with E-state index >= 15 is 0 Å². The highest BCUT2D eigenvalue weighted by molar-refractivity contribution is 7.80. The summed E-state index contributed by atoms with van der Waals surface area (Å²) in [6.45, 7) is 0. The van der Waals surface area contributed by atoms with Gasteiger partial charge in [0.05, 0.1) is 17.8 Å². The zero-order valence-electron chi connectivity index (χ0n) is 18.1. The number of thiocarbonyl (C=S) groups is 1. The van der Waals surface area contributed by atoms with Crippen molar-refractivity contribution in [3.8, 4) is 5.69 Å². The van der Waals surface area contributed by atoms with Crippen LogP contribution in [0.4, 0.5) is 11.4 Å². The first-order valence-electron chi connectivity index (χ1n) is 10.6. The van der Waals surface area contributed by atoms with E-state index in [1.165, 1.54) is 5.56 Å². The highest BCUT2D eigenvalue weighted by Crippen LogP contribution is 2.42. The molecular weight excluding hydrogens is 414 g/mol. The van der Waals surface area contributed by atoms with E-state index < -0.39 is 0 Å². The number of benzene rings is 2. The van der Waals surface area contributed by atoms with Crippen molar-refractivity contribution in [2.24, 2.45) is 0 Å². The Kier molecular flexibility index (Phi) is 5.37. The Labute approximate surface area is 193 Å². The fourth-order valence-electron chi connectivity index (χ4n) is 4.23. The molecule has 2 aromatic heterocycles. The number of nitrogens with one attached hydrogen (secondary N) is 1. The van der Waals surface area contributed by atoms with E-state index in [0.29, 0.717) is 5.11 Å². The normalized spacial score (nSPS) is 17.9. The topological polar surface area (TPSA) is 36.3 Å². The summed E-state index contributed by atoms with van der Waals surface area (Å²) >= 11 is 5.83. The lowest BCUT2D eigenvalue weighted by Crippen LogP contribution is -2.29. The lowest BCUT2D eigenvalue weighted by atomic mass is 9.98. The van der Waals surface area contributed by atoms with Gasteiger partial charge in [0.15, 0.2) is 5.11 Å². The van der Waals surface area contributed by atoms with E-state index in [2.05, 4.69) is 97.7 Å². The smallest absolute Gasteiger partial charge is 0.174 e. The number of rotatable bonds is 5. The zero-order valence-corrected chi connectivity index (χ0v) is 18.9. The second kappa shape index (κ2) is 8.48. The Balaban J connectivity index is 1.58. The molecule has 32 heavy (non-hydrogen) atoms. The summed E-state index contributed by atoms with van der Waals surface area (Å²) in [5.41, 5.74) is 5.49. The Morgan fingerprint density at radius 1 is 0.875 bits per heavy atom. The molecule has 2 aromatic carbocycles. The zero-order chi connectivity index (χ0) is 22.1. The van der Waals surface area contributed by atoms with Gasteiger partial charge in [-0.3, -0.25) is 4.98 Å². The van der Waals surface area contributed by atoms with Crippen LogP contribution in [0.15, 0.2) is 97.5 Å². The van der Waals surface area contributed by atoms with Crippen molar-refractivity contribution in [1.29, 1.82) is 0 Å². The summed E-state index contributed by atoms with van der Waals surface area (Å²) < 4.78 is 2.15. The van der Waals surface area contributed by atoms with Crippen LogP contribution in [-0.2, 0) is 0 Å². The minimum atomic E-state index is -0.0520. The summed E-state index contributed by atoms with van der Waals surface area (Å²) in [6.07, 6.45) is 6.13. The molecule has 3 heterocycles. The molecule has 0 bridgehead atoms. The van der Waals surface area contributed by atoms with Gasteiger partial charge in [0.2, 0.25) is 0 Å². The minimum absolute atomic E-state index is 0.0208. The molecule has 0 unspecified atom stereocenters. The number of nitrogens with zero attached hydrogens (tertiary/aromatic N) is 4. The van der Waals surface area contributed by atoms with Crippen LogP contribution in [0.25, 0.3) is 5.69 Å². The molecule has 1 saturated heterocycles. The number of anilines is 2. The summed E-state index contributed by atoms with van der Waals surface area (Å²) in [7, 11) is 4.09. The summed E-state index contributed by atoms with van der Waals surface area (Å²) in [5, 5.41) is 4.23. The van der Waals surface area contributed by atoms with Crippen molar-refractivity contribution in [3.63, 3.8) is 0 Å². The third kappa shape index (κ3) is 3.74. The maximum atomic E-state index is 5.83. The van der Waals surface area contributed by atoms with E-state index in [9.17, 15) is 0 Å². The van der Waals surface area contributed by atoms with Gasteiger partial charge in [-0.15, -0.1) is 0 Å². The molecule has 160 valence electrons. The van der Waals surface area contributed by atoms with Gasteiger partial charge in [0.25, 0.3) is 0 Å². The van der Waals surface area contributed by atoms with Crippen LogP contribution >= 0.6 is 12.2 Å². The number of hydrogen-bond donors (Lipinski definition) is 1. The number of para-hydroxylation sites is 1. The van der Waals surface area contributed by atoms with Crippen LogP contribution in [0, 0.1) is 0 Å². The molecule has 1 aliphatic heterocycles. The van der Waals surface area contributed by atoms with Crippen LogP contribution < -0.4 is 15.1 Å². The molecule has 6 heteroatoms. The lowest BCUT2D eigenvalue weighted by Gasteiger charge is -2.27. The molecule has 5 rings (SSSR count). The lowest BCUT2D eigenvalue weighted by molar-refractivity contribution is 0.568. The van der Waals surface area contributed by atoms with Crippen molar-refractivity contribution in [2.45, 2.75) is 12.1 Å². The van der Waals surface area contributed by atoms with Gasteiger partial charge in [0, 0.05) is 49.7 Å². The fraction of sp³-hybridized carbons (Fsp3) is 0.154. The maximum absolute atomic E-state index is 5.83. The highest BCUT2D eigenvalue weighted by atomic mass is 32.1. The number of aromatic nitrogens is 2. The average Bonchev–Trinajstić information content (AvgIpc) is 3.45. The van der Waals surface area contributed by atoms with Gasteiger partial charge in [0.1, 0.15) is 0 Å². The van der Waals surface area contributed by atoms with E-state index in [1.54, 1.807) is 0 Å². The predicted molar refractivity (Wildman–Crippen MR) is 134 cm³/mol. The standard InChI is InChI=1S/C26H25N5S/c1-29(2)20-11-13-22(14-12-20)31-25(24(28-26(31)32)23-10-6-7-16-27-23)19-15-17-30(18-19)21-8-4-3-5-9-21/h3-18,24-25H,1-2H3,(H,28,32)/t24-,25+/m0/s1. The van der Waals surface area contributed by atoms with Crippen molar-refractivity contribution in [2.75, 3.05) is 23.9 Å². The second-order valence-corrected chi connectivity index (χ2v) is 8.48. The first-order valence-corrected chi connectivity index (χ1v) is 11.0. The van der Waals surface area contributed by atoms with Crippen LogP contribution in [0.3, 0.4) is 0 Å². The van der Waals surface area contributed by atoms with Crippen molar-refractivity contribution >= 4 is 28.7 Å². The molecule has 1 N–H and O–H groups in total. The molecule has 2 atom stereocenters. The van der Waals surface area contributed by atoms with Gasteiger partial charge < -0.3 is 19.7 Å². The molecule has 0 amide bonds. The van der Waals surface area contributed by atoms with Crippen LogP contribution in [0.5, 0.6) is 0 Å². The van der Waals surface area contributed by atoms with E-state index in [-0.39, 0.29) is 12.1 Å². The maximum Gasteiger partial charge on any atom is 0.174 e. The third-order valence-corrected chi connectivity index (χ3v) is 6.17. The SMILES string of the molecule is CN(C)c1ccc(N2C(=S)N[C@@H](c3ccccn3)[C@H]2c2ccn(-c3ccccc3)c2)cc1. The van der Waals surface area contributed by atoms with Crippen molar-refractivity contribution < 1.29 is 0 Å². The first-order chi connectivity index (χ1) is 15.6. The van der Waals surface area contributed by atoms with Crippen molar-refractivity contribution in [3.05, 3.63) is 109 Å². The predicted octanol–water partition coefficient (Wildman–Crippen LogP) is 5.12. The van der Waals surface area contributed by atoms with Gasteiger partial charge in [-0.1, -0.05) is 24.3 Å². The Bertz CT molecular complexity index is 1200. The van der Waals surface area contributed by atoms with Crippen LogP contribution in [-0.4, -0.2) is 28.8 Å². The van der Waals surface area contributed by atoms with Crippen LogP contribution in [0.2, 0.25) is 0 Å². The summed E-state index contributed by atoms with van der Waals surface area (Å²) in [4.78, 5) is 8.94. The molecule has 1 aliphatic rings. The largest absolute Gasteiger partial charge is 0.378 e. The quantitative estimate of drug-likeness (QED) is 0.437.